The lowest BCUT2D eigenvalue weighted by Crippen LogP contribution is -2.29. The Morgan fingerprint density at radius 2 is 2.05 bits per heavy atom. The first-order valence-electron chi connectivity index (χ1n) is 6.39. The average molecular weight is 265 g/mol. The summed E-state index contributed by atoms with van der Waals surface area (Å²) in [5, 5.41) is 2.87. The van der Waals surface area contributed by atoms with Crippen LogP contribution in [-0.4, -0.2) is 25.2 Å². The standard InChI is InChI=1S/C15H23NO3/c1-11(16-14(17)10-18-5)12-7-6-8-13(9-12)19-15(2,3)4/h6-9,11H,10H2,1-5H3,(H,16,17)/t11-/m1/s1. The Kier molecular flexibility index (Phi) is 5.36. The lowest BCUT2D eigenvalue weighted by molar-refractivity contribution is -0.125. The third-order valence-corrected chi connectivity index (χ3v) is 2.44. The molecule has 4 nitrogen and oxygen atoms in total. The first-order valence-corrected chi connectivity index (χ1v) is 6.39. The highest BCUT2D eigenvalue weighted by atomic mass is 16.5. The van der Waals surface area contributed by atoms with Crippen LogP contribution in [0.15, 0.2) is 24.3 Å². The van der Waals surface area contributed by atoms with Crippen LogP contribution in [0.2, 0.25) is 0 Å². The molecule has 0 aromatic heterocycles. The monoisotopic (exact) mass is 265 g/mol. The number of benzene rings is 1. The zero-order valence-electron chi connectivity index (χ0n) is 12.3. The van der Waals surface area contributed by atoms with Gasteiger partial charge in [0.1, 0.15) is 18.0 Å². The van der Waals surface area contributed by atoms with E-state index in [9.17, 15) is 4.79 Å². The molecule has 1 amide bonds. The van der Waals surface area contributed by atoms with Gasteiger partial charge in [0.15, 0.2) is 0 Å². The lowest BCUT2D eigenvalue weighted by atomic mass is 10.1. The number of hydrogen-bond donors (Lipinski definition) is 1. The van der Waals surface area contributed by atoms with E-state index in [0.29, 0.717) is 0 Å². The summed E-state index contributed by atoms with van der Waals surface area (Å²) in [7, 11) is 1.50. The van der Waals surface area contributed by atoms with E-state index in [4.69, 9.17) is 9.47 Å². The Hall–Kier alpha value is -1.55. The molecular weight excluding hydrogens is 242 g/mol. The van der Waals surface area contributed by atoms with Gasteiger partial charge in [-0.15, -0.1) is 0 Å². The highest BCUT2D eigenvalue weighted by Crippen LogP contribution is 2.22. The van der Waals surface area contributed by atoms with Crippen molar-refractivity contribution >= 4 is 5.91 Å². The van der Waals surface area contributed by atoms with Crippen LogP contribution in [0.1, 0.15) is 39.3 Å². The fourth-order valence-electron chi connectivity index (χ4n) is 1.70. The van der Waals surface area contributed by atoms with Crippen molar-refractivity contribution in [1.82, 2.24) is 5.32 Å². The molecule has 0 radical (unpaired) electrons. The molecule has 0 spiro atoms. The predicted octanol–water partition coefficient (Wildman–Crippen LogP) is 2.69. The van der Waals surface area contributed by atoms with Crippen LogP contribution in [-0.2, 0) is 9.53 Å². The van der Waals surface area contributed by atoms with E-state index in [1.54, 1.807) is 0 Å². The maximum atomic E-state index is 11.5. The van der Waals surface area contributed by atoms with Gasteiger partial charge in [0.2, 0.25) is 5.91 Å². The highest BCUT2D eigenvalue weighted by molar-refractivity contribution is 5.77. The van der Waals surface area contributed by atoms with Crippen molar-refractivity contribution in [3.05, 3.63) is 29.8 Å². The van der Waals surface area contributed by atoms with Crippen molar-refractivity contribution < 1.29 is 14.3 Å². The number of carbonyl (C=O) groups excluding carboxylic acids is 1. The number of methoxy groups -OCH3 is 1. The SMILES string of the molecule is COCC(=O)N[C@H](C)c1cccc(OC(C)(C)C)c1. The highest BCUT2D eigenvalue weighted by Gasteiger charge is 2.14. The van der Waals surface area contributed by atoms with Gasteiger partial charge in [0.05, 0.1) is 6.04 Å². The maximum Gasteiger partial charge on any atom is 0.246 e. The van der Waals surface area contributed by atoms with Gasteiger partial charge in [-0.1, -0.05) is 12.1 Å². The molecule has 0 aliphatic heterocycles. The average Bonchev–Trinajstić information content (AvgIpc) is 2.27. The molecule has 0 saturated heterocycles. The van der Waals surface area contributed by atoms with Crippen LogP contribution < -0.4 is 10.1 Å². The van der Waals surface area contributed by atoms with Crippen LogP contribution in [0.3, 0.4) is 0 Å². The molecule has 4 heteroatoms. The minimum Gasteiger partial charge on any atom is -0.488 e. The van der Waals surface area contributed by atoms with Gasteiger partial charge in [-0.05, 0) is 45.4 Å². The van der Waals surface area contributed by atoms with Gasteiger partial charge >= 0.3 is 0 Å². The second-order valence-corrected chi connectivity index (χ2v) is 5.51. The summed E-state index contributed by atoms with van der Waals surface area (Å²) in [5.74, 6) is 0.676. The third-order valence-electron chi connectivity index (χ3n) is 2.44. The molecule has 0 aliphatic rings. The van der Waals surface area contributed by atoms with Gasteiger partial charge in [0, 0.05) is 7.11 Å². The molecule has 1 aromatic rings. The minimum absolute atomic E-state index is 0.0719. The number of ether oxygens (including phenoxy) is 2. The Morgan fingerprint density at radius 3 is 2.63 bits per heavy atom. The molecule has 1 rings (SSSR count). The van der Waals surface area contributed by atoms with E-state index in [1.165, 1.54) is 7.11 Å². The van der Waals surface area contributed by atoms with Gasteiger partial charge < -0.3 is 14.8 Å². The van der Waals surface area contributed by atoms with Crippen LogP contribution in [0, 0.1) is 0 Å². The van der Waals surface area contributed by atoms with Crippen LogP contribution in [0.5, 0.6) is 5.75 Å². The topological polar surface area (TPSA) is 47.6 Å². The van der Waals surface area contributed by atoms with Gasteiger partial charge in [-0.2, -0.15) is 0 Å². The number of hydrogen-bond acceptors (Lipinski definition) is 3. The largest absolute Gasteiger partial charge is 0.488 e. The summed E-state index contributed by atoms with van der Waals surface area (Å²) in [6, 6.07) is 7.68. The Balaban J connectivity index is 2.73. The fourth-order valence-corrected chi connectivity index (χ4v) is 1.70. The zero-order valence-corrected chi connectivity index (χ0v) is 12.3. The smallest absolute Gasteiger partial charge is 0.246 e. The zero-order chi connectivity index (χ0) is 14.5. The van der Waals surface area contributed by atoms with Crippen molar-refractivity contribution in [2.24, 2.45) is 0 Å². The van der Waals surface area contributed by atoms with Crippen molar-refractivity contribution in [2.75, 3.05) is 13.7 Å². The van der Waals surface area contributed by atoms with Crippen LogP contribution in [0.25, 0.3) is 0 Å². The van der Waals surface area contributed by atoms with Crippen molar-refractivity contribution in [3.63, 3.8) is 0 Å². The number of amides is 1. The second-order valence-electron chi connectivity index (χ2n) is 5.51. The van der Waals surface area contributed by atoms with Crippen molar-refractivity contribution in [3.8, 4) is 5.75 Å². The fraction of sp³-hybridized carbons (Fsp3) is 0.533. The molecule has 0 saturated carbocycles. The number of rotatable bonds is 5. The van der Waals surface area contributed by atoms with E-state index < -0.39 is 0 Å². The lowest BCUT2D eigenvalue weighted by Gasteiger charge is -2.22. The predicted molar refractivity (Wildman–Crippen MR) is 75.3 cm³/mol. The summed E-state index contributed by atoms with van der Waals surface area (Å²) in [6.07, 6.45) is 0. The first-order chi connectivity index (χ1) is 8.81. The van der Waals surface area contributed by atoms with E-state index in [1.807, 2.05) is 52.0 Å². The summed E-state index contributed by atoms with van der Waals surface area (Å²) in [6.45, 7) is 8.02. The summed E-state index contributed by atoms with van der Waals surface area (Å²) in [4.78, 5) is 11.5. The Labute approximate surface area is 115 Å². The molecular formula is C15H23NO3. The summed E-state index contributed by atoms with van der Waals surface area (Å²) < 4.78 is 10.6. The first kappa shape index (κ1) is 15.5. The number of nitrogens with one attached hydrogen (secondary N) is 1. The molecule has 1 aromatic carbocycles. The molecule has 0 heterocycles. The van der Waals surface area contributed by atoms with Crippen molar-refractivity contribution in [1.29, 1.82) is 0 Å². The van der Waals surface area contributed by atoms with E-state index in [2.05, 4.69) is 5.32 Å². The molecule has 0 bridgehead atoms. The maximum absolute atomic E-state index is 11.5. The summed E-state index contributed by atoms with van der Waals surface area (Å²) >= 11 is 0. The van der Waals surface area contributed by atoms with E-state index >= 15 is 0 Å². The quantitative estimate of drug-likeness (QED) is 0.890. The molecule has 0 unspecified atom stereocenters. The molecule has 0 aliphatic carbocycles. The molecule has 1 N–H and O–H groups in total. The second kappa shape index (κ2) is 6.57. The van der Waals surface area contributed by atoms with Crippen LogP contribution in [0.4, 0.5) is 0 Å². The molecule has 106 valence electrons. The Bertz CT molecular complexity index is 424. The molecule has 1 atom stereocenters. The van der Waals surface area contributed by atoms with Gasteiger partial charge in [0.25, 0.3) is 0 Å². The third kappa shape index (κ3) is 5.75. The van der Waals surface area contributed by atoms with Gasteiger partial charge in [-0.25, -0.2) is 0 Å². The molecule has 19 heavy (non-hydrogen) atoms. The molecule has 0 fully saturated rings. The summed E-state index contributed by atoms with van der Waals surface area (Å²) in [5.41, 5.74) is 0.771. The van der Waals surface area contributed by atoms with E-state index in [-0.39, 0.29) is 24.2 Å². The van der Waals surface area contributed by atoms with E-state index in [0.717, 1.165) is 11.3 Å². The number of carbonyl (C=O) groups is 1. The normalized spacial score (nSPS) is 12.9. The van der Waals surface area contributed by atoms with Crippen molar-refractivity contribution in [2.45, 2.75) is 39.3 Å². The van der Waals surface area contributed by atoms with Gasteiger partial charge in [-0.3, -0.25) is 4.79 Å². The minimum atomic E-state index is -0.235. The Morgan fingerprint density at radius 1 is 1.37 bits per heavy atom. The van der Waals surface area contributed by atoms with Crippen LogP contribution >= 0.6 is 0 Å².